The summed E-state index contributed by atoms with van der Waals surface area (Å²) in [4.78, 5) is 46.7. The molecule has 0 aliphatic carbocycles. The molecule has 0 bridgehead atoms. The van der Waals surface area contributed by atoms with Crippen LogP contribution in [0.3, 0.4) is 0 Å². The molecule has 2 N–H and O–H groups in total. The number of nitrogens with zero attached hydrogens (tertiary/aromatic N) is 4. The minimum Gasteiger partial charge on any atom is -0.497 e. The molecular formula is C24H26N6O5. The Morgan fingerprint density at radius 3 is 2.94 bits per heavy atom. The number of hydrogen-bond donors (Lipinski definition) is 2. The fourth-order valence-corrected chi connectivity index (χ4v) is 4.37. The molecule has 2 aliphatic heterocycles. The van der Waals surface area contributed by atoms with Gasteiger partial charge in [0.25, 0.3) is 11.5 Å². The first-order chi connectivity index (χ1) is 17.0. The van der Waals surface area contributed by atoms with Gasteiger partial charge >= 0.3 is 0 Å². The number of carbonyl (C=O) groups is 2. The third-order valence-corrected chi connectivity index (χ3v) is 6.16. The predicted octanol–water partition coefficient (Wildman–Crippen LogP) is 1.31. The minimum absolute atomic E-state index is 0.0000809. The number of amides is 2. The molecule has 1 saturated heterocycles. The average Bonchev–Trinajstić information content (AvgIpc) is 3.24. The largest absolute Gasteiger partial charge is 0.497 e. The Hall–Kier alpha value is -3.99. The van der Waals surface area contributed by atoms with Crippen molar-refractivity contribution in [2.75, 3.05) is 37.0 Å². The summed E-state index contributed by atoms with van der Waals surface area (Å²) in [5.74, 6) is 1.70. The van der Waals surface area contributed by atoms with Gasteiger partial charge in [0.05, 0.1) is 24.3 Å². The maximum absolute atomic E-state index is 12.6. The zero-order chi connectivity index (χ0) is 24.4. The lowest BCUT2D eigenvalue weighted by molar-refractivity contribution is -0.118. The van der Waals surface area contributed by atoms with E-state index in [1.807, 2.05) is 18.2 Å². The van der Waals surface area contributed by atoms with Crippen molar-refractivity contribution >= 4 is 34.5 Å². The number of benzene rings is 1. The van der Waals surface area contributed by atoms with Crippen LogP contribution in [0.15, 0.2) is 41.3 Å². The number of aryl methyl sites for hydroxylation is 1. The van der Waals surface area contributed by atoms with Gasteiger partial charge in [-0.25, -0.2) is 9.97 Å². The van der Waals surface area contributed by atoms with Crippen LogP contribution in [0, 0.1) is 0 Å². The third kappa shape index (κ3) is 4.80. The molecule has 1 aromatic carbocycles. The summed E-state index contributed by atoms with van der Waals surface area (Å²) in [5.41, 5.74) is 1.35. The zero-order valence-electron chi connectivity index (χ0n) is 19.3. The highest BCUT2D eigenvalue weighted by Crippen LogP contribution is 2.30. The Balaban J connectivity index is 1.14. The number of methoxy groups -OCH3 is 1. The number of aromatic nitrogens is 3. The zero-order valence-corrected chi connectivity index (χ0v) is 19.3. The summed E-state index contributed by atoms with van der Waals surface area (Å²) >= 11 is 0. The van der Waals surface area contributed by atoms with Crippen molar-refractivity contribution in [3.05, 3.63) is 46.9 Å². The summed E-state index contributed by atoms with van der Waals surface area (Å²) in [6, 6.07) is 8.93. The topological polar surface area (TPSA) is 128 Å². The van der Waals surface area contributed by atoms with E-state index < -0.39 is 0 Å². The molecule has 2 aromatic heterocycles. The van der Waals surface area contributed by atoms with Gasteiger partial charge in [0.1, 0.15) is 11.6 Å². The molecule has 0 saturated carbocycles. The van der Waals surface area contributed by atoms with Gasteiger partial charge in [0, 0.05) is 31.6 Å². The highest BCUT2D eigenvalue weighted by atomic mass is 16.5. The van der Waals surface area contributed by atoms with Gasteiger partial charge in [-0.3, -0.25) is 19.3 Å². The molecule has 11 heteroatoms. The van der Waals surface area contributed by atoms with E-state index in [1.54, 1.807) is 28.7 Å². The van der Waals surface area contributed by atoms with E-state index >= 15 is 0 Å². The Labute approximate surface area is 201 Å². The molecule has 0 spiro atoms. The maximum Gasteiger partial charge on any atom is 0.269 e. The molecule has 1 atom stereocenters. The number of carbonyl (C=O) groups excluding carboxylic acids is 2. The first-order valence-corrected chi connectivity index (χ1v) is 11.5. The normalized spacial score (nSPS) is 17.3. The molecule has 1 fully saturated rings. The lowest BCUT2D eigenvalue weighted by Gasteiger charge is -2.21. The number of ether oxygens (including phenoxy) is 2. The molecule has 182 valence electrons. The van der Waals surface area contributed by atoms with Crippen LogP contribution in [0.25, 0.3) is 11.0 Å². The molecule has 11 nitrogen and oxygen atoms in total. The van der Waals surface area contributed by atoms with Crippen LogP contribution in [-0.4, -0.2) is 59.2 Å². The molecule has 1 unspecified atom stereocenters. The molecule has 5 rings (SSSR count). The average molecular weight is 479 g/mol. The smallest absolute Gasteiger partial charge is 0.269 e. The molecular weight excluding hydrogens is 452 g/mol. The Bertz CT molecular complexity index is 1340. The molecule has 3 aromatic rings. The Morgan fingerprint density at radius 2 is 2.09 bits per heavy atom. The number of pyridine rings is 1. The standard InChI is InChI=1S/C24H26N6O5/c1-34-16-4-5-17-18(11-16)29(23(33)12-26-17)9-3-2-8-25-15-10-22(32)30(13-15)20-7-6-19-24(27-20)28-21(31)14-35-19/h4-7,11-12,15,25H,2-3,8-10,13-14H2,1H3,(H,27,28,31). The van der Waals surface area contributed by atoms with Crippen LogP contribution in [0.4, 0.5) is 11.6 Å². The van der Waals surface area contributed by atoms with Gasteiger partial charge < -0.3 is 24.7 Å². The van der Waals surface area contributed by atoms with Crippen LogP contribution in [0.5, 0.6) is 11.5 Å². The van der Waals surface area contributed by atoms with Crippen molar-refractivity contribution in [3.8, 4) is 11.5 Å². The van der Waals surface area contributed by atoms with Crippen molar-refractivity contribution in [2.24, 2.45) is 0 Å². The fourth-order valence-electron chi connectivity index (χ4n) is 4.37. The first kappa shape index (κ1) is 22.8. The van der Waals surface area contributed by atoms with E-state index in [0.29, 0.717) is 49.2 Å². The molecule has 2 amide bonds. The van der Waals surface area contributed by atoms with E-state index in [-0.39, 0.29) is 30.0 Å². The van der Waals surface area contributed by atoms with Crippen molar-refractivity contribution in [3.63, 3.8) is 0 Å². The predicted molar refractivity (Wildman–Crippen MR) is 129 cm³/mol. The highest BCUT2D eigenvalue weighted by molar-refractivity contribution is 5.97. The third-order valence-electron chi connectivity index (χ3n) is 6.16. The molecule has 0 radical (unpaired) electrons. The number of hydrogen-bond acceptors (Lipinski definition) is 8. The summed E-state index contributed by atoms with van der Waals surface area (Å²) in [6.45, 7) is 1.74. The van der Waals surface area contributed by atoms with Gasteiger partial charge in [-0.05, 0) is 43.7 Å². The van der Waals surface area contributed by atoms with E-state index in [4.69, 9.17) is 9.47 Å². The van der Waals surface area contributed by atoms with E-state index in [9.17, 15) is 14.4 Å². The van der Waals surface area contributed by atoms with Crippen molar-refractivity contribution in [2.45, 2.75) is 31.8 Å². The van der Waals surface area contributed by atoms with Crippen LogP contribution in [0.1, 0.15) is 19.3 Å². The first-order valence-electron chi connectivity index (χ1n) is 11.5. The van der Waals surface area contributed by atoms with Crippen molar-refractivity contribution in [1.82, 2.24) is 19.9 Å². The van der Waals surface area contributed by atoms with Gasteiger partial charge in [-0.2, -0.15) is 0 Å². The number of fused-ring (bicyclic) bond motifs is 2. The van der Waals surface area contributed by atoms with Crippen LogP contribution in [0.2, 0.25) is 0 Å². The fraction of sp³-hybridized carbons (Fsp3) is 0.375. The monoisotopic (exact) mass is 478 g/mol. The van der Waals surface area contributed by atoms with E-state index in [1.165, 1.54) is 6.20 Å². The van der Waals surface area contributed by atoms with Crippen molar-refractivity contribution in [1.29, 1.82) is 0 Å². The second-order valence-corrected chi connectivity index (χ2v) is 8.52. The van der Waals surface area contributed by atoms with Gasteiger partial charge in [-0.1, -0.05) is 0 Å². The molecule has 2 aliphatic rings. The summed E-state index contributed by atoms with van der Waals surface area (Å²) in [6.07, 6.45) is 3.35. The number of unbranched alkanes of at least 4 members (excludes halogenated alkanes) is 1. The summed E-state index contributed by atoms with van der Waals surface area (Å²) in [7, 11) is 1.59. The molecule has 35 heavy (non-hydrogen) atoms. The Morgan fingerprint density at radius 1 is 1.20 bits per heavy atom. The molecule has 4 heterocycles. The summed E-state index contributed by atoms with van der Waals surface area (Å²) < 4.78 is 12.3. The summed E-state index contributed by atoms with van der Waals surface area (Å²) in [5, 5.41) is 6.10. The van der Waals surface area contributed by atoms with Crippen molar-refractivity contribution < 1.29 is 19.1 Å². The van der Waals surface area contributed by atoms with Crippen LogP contribution in [-0.2, 0) is 16.1 Å². The number of nitrogens with one attached hydrogen (secondary N) is 2. The lowest BCUT2D eigenvalue weighted by atomic mass is 10.2. The number of rotatable bonds is 8. The van der Waals surface area contributed by atoms with E-state index in [2.05, 4.69) is 20.6 Å². The van der Waals surface area contributed by atoms with Gasteiger partial charge in [-0.15, -0.1) is 0 Å². The van der Waals surface area contributed by atoms with Gasteiger partial charge in [0.15, 0.2) is 18.2 Å². The number of anilines is 2. The van der Waals surface area contributed by atoms with E-state index in [0.717, 1.165) is 23.9 Å². The SMILES string of the molecule is COc1ccc2ncc(=O)n(CCCCNC3CC(=O)N(c4ccc5c(n4)NC(=O)CO5)C3)c2c1. The quantitative estimate of drug-likeness (QED) is 0.464. The second kappa shape index (κ2) is 9.71. The maximum atomic E-state index is 12.6. The minimum atomic E-state index is -0.268. The second-order valence-electron chi connectivity index (χ2n) is 8.52. The van der Waals surface area contributed by atoms with Crippen LogP contribution < -0.4 is 30.6 Å². The highest BCUT2D eigenvalue weighted by Gasteiger charge is 2.32. The lowest BCUT2D eigenvalue weighted by Crippen LogP contribution is -2.34. The van der Waals surface area contributed by atoms with Gasteiger partial charge in [0.2, 0.25) is 5.91 Å². The Kier molecular flexibility index (Phi) is 6.32. The van der Waals surface area contributed by atoms with Crippen LogP contribution >= 0.6 is 0 Å².